The van der Waals surface area contributed by atoms with E-state index in [0.717, 1.165) is 31.6 Å². The first-order chi connectivity index (χ1) is 8.75. The molecule has 2 rings (SSSR count). The summed E-state index contributed by atoms with van der Waals surface area (Å²) in [5.41, 5.74) is 7.91. The predicted molar refractivity (Wildman–Crippen MR) is 82.9 cm³/mol. The molecule has 0 aliphatic carbocycles. The Labute approximate surface area is 120 Å². The molecule has 0 bridgehead atoms. The summed E-state index contributed by atoms with van der Waals surface area (Å²) in [7, 11) is 0. The third-order valence-electron chi connectivity index (χ3n) is 2.75. The highest BCUT2D eigenvalue weighted by Gasteiger charge is 2.00. The number of anilines is 1. The second-order valence-corrected chi connectivity index (χ2v) is 6.07. The zero-order chi connectivity index (χ0) is 12.8. The van der Waals surface area contributed by atoms with Crippen LogP contribution in [0.15, 0.2) is 40.2 Å². The van der Waals surface area contributed by atoms with Crippen molar-refractivity contribution in [1.29, 1.82) is 0 Å². The monoisotopic (exact) mass is 324 g/mol. The summed E-state index contributed by atoms with van der Waals surface area (Å²) in [6, 6.07) is 10.2. The number of hydrogen-bond acceptors (Lipinski definition) is 3. The van der Waals surface area contributed by atoms with Gasteiger partial charge in [0.15, 0.2) is 0 Å². The van der Waals surface area contributed by atoms with Gasteiger partial charge in [-0.15, -0.1) is 11.3 Å². The number of nitrogen functional groups attached to an aromatic ring is 1. The van der Waals surface area contributed by atoms with Crippen LogP contribution in [0.5, 0.6) is 0 Å². The van der Waals surface area contributed by atoms with Crippen molar-refractivity contribution in [3.63, 3.8) is 0 Å². The molecule has 0 saturated carbocycles. The van der Waals surface area contributed by atoms with Gasteiger partial charge >= 0.3 is 0 Å². The van der Waals surface area contributed by atoms with Crippen LogP contribution >= 0.6 is 27.3 Å². The van der Waals surface area contributed by atoms with E-state index < -0.39 is 0 Å². The topological polar surface area (TPSA) is 38.0 Å². The van der Waals surface area contributed by atoms with Gasteiger partial charge in [-0.1, -0.05) is 12.1 Å². The van der Waals surface area contributed by atoms with E-state index in [1.54, 1.807) is 11.3 Å². The third kappa shape index (κ3) is 4.12. The third-order valence-corrected chi connectivity index (χ3v) is 4.67. The molecule has 2 aromatic rings. The lowest BCUT2D eigenvalue weighted by molar-refractivity contribution is 0.653. The van der Waals surface area contributed by atoms with Gasteiger partial charge in [-0.2, -0.15) is 0 Å². The molecule has 1 heterocycles. The fraction of sp³-hybridized carbons (Fsp3) is 0.286. The second kappa shape index (κ2) is 6.92. The van der Waals surface area contributed by atoms with E-state index in [-0.39, 0.29) is 0 Å². The van der Waals surface area contributed by atoms with Crippen molar-refractivity contribution in [1.82, 2.24) is 5.32 Å². The summed E-state index contributed by atoms with van der Waals surface area (Å²) in [4.78, 5) is 1.36. The summed E-state index contributed by atoms with van der Waals surface area (Å²) in [5.74, 6) is 0. The number of aryl methyl sites for hydroxylation is 1. The van der Waals surface area contributed by atoms with Crippen LogP contribution in [-0.2, 0) is 13.0 Å². The van der Waals surface area contributed by atoms with Gasteiger partial charge in [-0.25, -0.2) is 0 Å². The van der Waals surface area contributed by atoms with E-state index in [2.05, 4.69) is 44.8 Å². The van der Waals surface area contributed by atoms with Crippen LogP contribution in [0.3, 0.4) is 0 Å². The fourth-order valence-corrected chi connectivity index (χ4v) is 3.28. The first-order valence-corrected chi connectivity index (χ1v) is 7.70. The van der Waals surface area contributed by atoms with E-state index in [9.17, 15) is 0 Å². The van der Waals surface area contributed by atoms with Gasteiger partial charge in [0.2, 0.25) is 0 Å². The molecule has 0 saturated heterocycles. The van der Waals surface area contributed by atoms with Crippen molar-refractivity contribution in [2.75, 3.05) is 12.3 Å². The SMILES string of the molecule is Nc1cccc(CCCNCc2sccc2Br)c1. The Morgan fingerprint density at radius 3 is 2.89 bits per heavy atom. The second-order valence-electron chi connectivity index (χ2n) is 4.22. The minimum absolute atomic E-state index is 0.850. The lowest BCUT2D eigenvalue weighted by Gasteiger charge is -2.05. The highest BCUT2D eigenvalue weighted by molar-refractivity contribution is 9.10. The van der Waals surface area contributed by atoms with Crippen LogP contribution in [0.25, 0.3) is 0 Å². The highest BCUT2D eigenvalue weighted by Crippen LogP contribution is 2.22. The van der Waals surface area contributed by atoms with Gasteiger partial charge in [0.1, 0.15) is 0 Å². The Balaban J connectivity index is 1.66. The largest absolute Gasteiger partial charge is 0.399 e. The molecule has 0 amide bonds. The van der Waals surface area contributed by atoms with Gasteiger partial charge in [0.05, 0.1) is 0 Å². The van der Waals surface area contributed by atoms with E-state index in [1.165, 1.54) is 14.9 Å². The molecule has 0 aliphatic rings. The lowest BCUT2D eigenvalue weighted by atomic mass is 10.1. The molecule has 0 atom stereocenters. The molecule has 96 valence electrons. The lowest BCUT2D eigenvalue weighted by Crippen LogP contribution is -2.14. The Bertz CT molecular complexity index is 496. The Morgan fingerprint density at radius 1 is 1.28 bits per heavy atom. The maximum absolute atomic E-state index is 5.75. The number of rotatable bonds is 6. The number of nitrogens with two attached hydrogens (primary N) is 1. The molecule has 18 heavy (non-hydrogen) atoms. The number of thiophene rings is 1. The zero-order valence-electron chi connectivity index (χ0n) is 10.2. The van der Waals surface area contributed by atoms with Gasteiger partial charge in [-0.05, 0) is 64.5 Å². The number of hydrogen-bond donors (Lipinski definition) is 2. The molecule has 4 heteroatoms. The van der Waals surface area contributed by atoms with Crippen molar-refractivity contribution < 1.29 is 0 Å². The highest BCUT2D eigenvalue weighted by atomic mass is 79.9. The van der Waals surface area contributed by atoms with Crippen LogP contribution in [-0.4, -0.2) is 6.54 Å². The Hall–Kier alpha value is -0.840. The van der Waals surface area contributed by atoms with Gasteiger partial charge in [0, 0.05) is 21.6 Å². The average Bonchev–Trinajstić information content (AvgIpc) is 2.75. The molecule has 0 spiro atoms. The van der Waals surface area contributed by atoms with Crippen molar-refractivity contribution >= 4 is 33.0 Å². The van der Waals surface area contributed by atoms with E-state index in [1.807, 2.05) is 12.1 Å². The molecule has 0 fully saturated rings. The smallest absolute Gasteiger partial charge is 0.0327 e. The van der Waals surface area contributed by atoms with Crippen molar-refractivity contribution in [2.24, 2.45) is 0 Å². The summed E-state index contributed by atoms with van der Waals surface area (Å²) in [6.07, 6.45) is 2.20. The van der Waals surface area contributed by atoms with Crippen LogP contribution in [0, 0.1) is 0 Å². The van der Waals surface area contributed by atoms with E-state index in [0.29, 0.717) is 0 Å². The maximum Gasteiger partial charge on any atom is 0.0327 e. The molecular formula is C14H17BrN2S. The Kier molecular flexibility index (Phi) is 5.23. The molecule has 1 aromatic heterocycles. The minimum Gasteiger partial charge on any atom is -0.399 e. The first kappa shape index (κ1) is 13.6. The summed E-state index contributed by atoms with van der Waals surface area (Å²) in [5, 5.41) is 5.57. The number of halogens is 1. The average molecular weight is 325 g/mol. The van der Waals surface area contributed by atoms with E-state index in [4.69, 9.17) is 5.73 Å². The maximum atomic E-state index is 5.75. The van der Waals surface area contributed by atoms with Crippen molar-refractivity contribution in [3.8, 4) is 0 Å². The predicted octanol–water partition coefficient (Wildman–Crippen LogP) is 3.82. The number of nitrogens with one attached hydrogen (secondary N) is 1. The minimum atomic E-state index is 0.850. The van der Waals surface area contributed by atoms with Crippen molar-refractivity contribution in [2.45, 2.75) is 19.4 Å². The summed E-state index contributed by atoms with van der Waals surface area (Å²) in [6.45, 7) is 1.97. The van der Waals surface area contributed by atoms with Gasteiger partial charge in [-0.3, -0.25) is 0 Å². The summed E-state index contributed by atoms with van der Waals surface area (Å²) < 4.78 is 1.20. The quantitative estimate of drug-likeness (QED) is 0.626. The number of benzene rings is 1. The normalized spacial score (nSPS) is 10.7. The molecule has 0 unspecified atom stereocenters. The molecule has 0 aliphatic heterocycles. The standard InChI is InChI=1S/C14H17BrN2S/c15-13-6-8-18-14(13)10-17-7-2-4-11-3-1-5-12(16)9-11/h1,3,5-6,8-9,17H,2,4,7,10,16H2. The van der Waals surface area contributed by atoms with Crippen LogP contribution in [0.1, 0.15) is 16.9 Å². The molecule has 1 aromatic carbocycles. The van der Waals surface area contributed by atoms with Gasteiger partial charge in [0.25, 0.3) is 0 Å². The van der Waals surface area contributed by atoms with Crippen molar-refractivity contribution in [3.05, 3.63) is 50.6 Å². The molecular weight excluding hydrogens is 308 g/mol. The summed E-state index contributed by atoms with van der Waals surface area (Å²) >= 11 is 5.32. The zero-order valence-corrected chi connectivity index (χ0v) is 12.6. The van der Waals surface area contributed by atoms with Crippen LogP contribution in [0.4, 0.5) is 5.69 Å². The Morgan fingerprint density at radius 2 is 2.17 bits per heavy atom. The van der Waals surface area contributed by atoms with E-state index >= 15 is 0 Å². The van der Waals surface area contributed by atoms with Crippen LogP contribution < -0.4 is 11.1 Å². The fourth-order valence-electron chi connectivity index (χ4n) is 1.82. The molecule has 3 N–H and O–H groups in total. The first-order valence-electron chi connectivity index (χ1n) is 6.03. The molecule has 2 nitrogen and oxygen atoms in total. The molecule has 0 radical (unpaired) electrons. The van der Waals surface area contributed by atoms with Crippen LogP contribution in [0.2, 0.25) is 0 Å². The van der Waals surface area contributed by atoms with Gasteiger partial charge < -0.3 is 11.1 Å².